The molecule has 0 saturated carbocycles. The van der Waals surface area contributed by atoms with Crippen molar-refractivity contribution in [2.75, 3.05) is 19.7 Å². The summed E-state index contributed by atoms with van der Waals surface area (Å²) in [5, 5.41) is 0. The highest BCUT2D eigenvalue weighted by atomic mass is 16.5. The van der Waals surface area contributed by atoms with Crippen molar-refractivity contribution in [2.24, 2.45) is 5.41 Å². The van der Waals surface area contributed by atoms with Gasteiger partial charge in [-0.25, -0.2) is 9.97 Å². The van der Waals surface area contributed by atoms with E-state index in [1.807, 2.05) is 42.2 Å². The summed E-state index contributed by atoms with van der Waals surface area (Å²) < 4.78 is 5.97. The number of aryl methyl sites for hydroxylation is 1. The number of benzene rings is 1. The lowest BCUT2D eigenvalue weighted by molar-refractivity contribution is -0.132. The van der Waals surface area contributed by atoms with Gasteiger partial charge in [-0.15, -0.1) is 0 Å². The maximum absolute atomic E-state index is 12.8. The molecule has 5 heteroatoms. The van der Waals surface area contributed by atoms with Crippen molar-refractivity contribution in [3.05, 3.63) is 47.3 Å². The first-order valence-electron chi connectivity index (χ1n) is 10.1. The van der Waals surface area contributed by atoms with Crippen LogP contribution in [-0.4, -0.2) is 40.5 Å². The predicted octanol–water partition coefficient (Wildman–Crippen LogP) is 3.89. The number of carbonyl (C=O) groups excluding carboxylic acids is 1. The second kappa shape index (κ2) is 6.96. The molecule has 1 spiro atoms. The molecule has 2 aromatic rings. The van der Waals surface area contributed by atoms with E-state index in [1.54, 1.807) is 0 Å². The molecule has 1 aromatic heterocycles. The van der Waals surface area contributed by atoms with E-state index in [2.05, 4.69) is 20.8 Å². The van der Waals surface area contributed by atoms with Crippen LogP contribution in [0.3, 0.4) is 0 Å². The molecule has 3 heterocycles. The molecular formula is C23H29N3O2. The van der Waals surface area contributed by atoms with Crippen LogP contribution in [0, 0.1) is 12.3 Å². The molecule has 28 heavy (non-hydrogen) atoms. The van der Waals surface area contributed by atoms with Gasteiger partial charge in [0.15, 0.2) is 5.82 Å². The third-order valence-electron chi connectivity index (χ3n) is 5.76. The Labute approximate surface area is 167 Å². The molecule has 0 radical (unpaired) electrons. The SMILES string of the molecule is Cc1nc(-c2ccccc2)nc2c1COC[C@@]21CCN(C(=O)CC(C)(C)C)C1. The van der Waals surface area contributed by atoms with E-state index >= 15 is 0 Å². The normalized spacial score (nSPS) is 21.8. The lowest BCUT2D eigenvalue weighted by atomic mass is 9.80. The smallest absolute Gasteiger partial charge is 0.223 e. The minimum atomic E-state index is -0.224. The summed E-state index contributed by atoms with van der Waals surface area (Å²) in [7, 11) is 0. The van der Waals surface area contributed by atoms with Crippen molar-refractivity contribution in [1.82, 2.24) is 14.9 Å². The zero-order chi connectivity index (χ0) is 19.9. The van der Waals surface area contributed by atoms with Crippen LogP contribution in [0.2, 0.25) is 0 Å². The molecule has 1 amide bonds. The van der Waals surface area contributed by atoms with Crippen LogP contribution in [0.4, 0.5) is 0 Å². The Morgan fingerprint density at radius 2 is 1.96 bits per heavy atom. The zero-order valence-corrected chi connectivity index (χ0v) is 17.3. The Bertz CT molecular complexity index is 889. The number of ether oxygens (including phenoxy) is 1. The Balaban J connectivity index is 1.69. The first-order valence-corrected chi connectivity index (χ1v) is 10.1. The summed E-state index contributed by atoms with van der Waals surface area (Å²) in [5.74, 6) is 0.989. The van der Waals surface area contributed by atoms with E-state index in [4.69, 9.17) is 14.7 Å². The van der Waals surface area contributed by atoms with E-state index in [0.717, 1.165) is 41.3 Å². The molecule has 148 valence electrons. The van der Waals surface area contributed by atoms with Crippen molar-refractivity contribution >= 4 is 5.91 Å². The average molecular weight is 380 g/mol. The molecule has 0 N–H and O–H groups in total. The van der Waals surface area contributed by atoms with Gasteiger partial charge in [-0.05, 0) is 18.8 Å². The lowest BCUT2D eigenvalue weighted by Gasteiger charge is -2.35. The molecule has 0 unspecified atom stereocenters. The summed E-state index contributed by atoms with van der Waals surface area (Å²) >= 11 is 0. The Hall–Kier alpha value is -2.27. The summed E-state index contributed by atoms with van der Waals surface area (Å²) in [4.78, 5) is 24.6. The minimum absolute atomic E-state index is 0.00690. The van der Waals surface area contributed by atoms with Gasteiger partial charge in [0.1, 0.15) is 0 Å². The Morgan fingerprint density at radius 3 is 2.68 bits per heavy atom. The van der Waals surface area contributed by atoms with Crippen LogP contribution < -0.4 is 0 Å². The fourth-order valence-corrected chi connectivity index (χ4v) is 4.30. The predicted molar refractivity (Wildman–Crippen MR) is 109 cm³/mol. The highest BCUT2D eigenvalue weighted by molar-refractivity contribution is 5.77. The lowest BCUT2D eigenvalue weighted by Crippen LogP contribution is -2.42. The van der Waals surface area contributed by atoms with Gasteiger partial charge < -0.3 is 9.64 Å². The van der Waals surface area contributed by atoms with Crippen LogP contribution >= 0.6 is 0 Å². The van der Waals surface area contributed by atoms with Crippen molar-refractivity contribution in [2.45, 2.75) is 52.6 Å². The van der Waals surface area contributed by atoms with Crippen molar-refractivity contribution in [3.8, 4) is 11.4 Å². The largest absolute Gasteiger partial charge is 0.376 e. The topological polar surface area (TPSA) is 55.3 Å². The maximum Gasteiger partial charge on any atom is 0.223 e. The number of likely N-dealkylation sites (tertiary alicyclic amines) is 1. The van der Waals surface area contributed by atoms with Crippen LogP contribution in [0.15, 0.2) is 30.3 Å². The highest BCUT2D eigenvalue weighted by Gasteiger charge is 2.47. The summed E-state index contributed by atoms with van der Waals surface area (Å²) in [6.45, 7) is 11.0. The summed E-state index contributed by atoms with van der Waals surface area (Å²) in [5.41, 5.74) is 3.94. The molecule has 2 aliphatic heterocycles. The van der Waals surface area contributed by atoms with E-state index in [9.17, 15) is 4.79 Å². The molecule has 1 fully saturated rings. The van der Waals surface area contributed by atoms with Crippen LogP contribution in [0.1, 0.15) is 50.6 Å². The fraction of sp³-hybridized carbons (Fsp3) is 0.522. The maximum atomic E-state index is 12.8. The minimum Gasteiger partial charge on any atom is -0.376 e. The molecule has 1 saturated heterocycles. The van der Waals surface area contributed by atoms with E-state index in [0.29, 0.717) is 26.2 Å². The fourth-order valence-electron chi connectivity index (χ4n) is 4.30. The van der Waals surface area contributed by atoms with Gasteiger partial charge >= 0.3 is 0 Å². The Kier molecular flexibility index (Phi) is 4.74. The van der Waals surface area contributed by atoms with E-state index in [1.165, 1.54) is 0 Å². The second-order valence-corrected chi connectivity index (χ2v) is 9.40. The third-order valence-corrected chi connectivity index (χ3v) is 5.76. The third kappa shape index (κ3) is 3.55. The highest BCUT2D eigenvalue weighted by Crippen LogP contribution is 2.41. The van der Waals surface area contributed by atoms with Gasteiger partial charge in [0.2, 0.25) is 5.91 Å². The van der Waals surface area contributed by atoms with Gasteiger partial charge in [-0.2, -0.15) is 0 Å². The van der Waals surface area contributed by atoms with Gasteiger partial charge in [0.25, 0.3) is 0 Å². The van der Waals surface area contributed by atoms with Crippen LogP contribution in [0.5, 0.6) is 0 Å². The monoisotopic (exact) mass is 379 g/mol. The molecule has 2 aliphatic rings. The molecule has 0 bridgehead atoms. The quantitative estimate of drug-likeness (QED) is 0.794. The number of hydrogen-bond donors (Lipinski definition) is 0. The average Bonchev–Trinajstić information content (AvgIpc) is 3.07. The number of amides is 1. The molecule has 1 aromatic carbocycles. The molecule has 4 rings (SSSR count). The Morgan fingerprint density at radius 1 is 1.21 bits per heavy atom. The number of aromatic nitrogens is 2. The molecule has 0 aliphatic carbocycles. The van der Waals surface area contributed by atoms with E-state index in [-0.39, 0.29) is 16.7 Å². The number of rotatable bonds is 2. The van der Waals surface area contributed by atoms with Gasteiger partial charge in [0.05, 0.1) is 24.3 Å². The first-order chi connectivity index (χ1) is 13.3. The number of fused-ring (bicyclic) bond motifs is 2. The molecular weight excluding hydrogens is 350 g/mol. The standard InChI is InChI=1S/C23H29N3O2/c1-16-18-13-28-15-23(10-11-26(14-23)19(27)12-22(2,3)4)20(18)25-21(24-16)17-8-6-5-7-9-17/h5-9H,10-15H2,1-4H3/t23-/m0/s1. The molecule has 5 nitrogen and oxygen atoms in total. The summed E-state index contributed by atoms with van der Waals surface area (Å²) in [6, 6.07) is 10.1. The second-order valence-electron chi connectivity index (χ2n) is 9.40. The van der Waals surface area contributed by atoms with Crippen molar-refractivity contribution in [1.29, 1.82) is 0 Å². The number of nitrogens with zero attached hydrogens (tertiary/aromatic N) is 3. The van der Waals surface area contributed by atoms with E-state index < -0.39 is 0 Å². The zero-order valence-electron chi connectivity index (χ0n) is 17.3. The first kappa shape index (κ1) is 19.1. The molecule has 1 atom stereocenters. The van der Waals surface area contributed by atoms with Gasteiger partial charge in [-0.3, -0.25) is 4.79 Å². The van der Waals surface area contributed by atoms with Crippen molar-refractivity contribution < 1.29 is 9.53 Å². The van der Waals surface area contributed by atoms with Crippen molar-refractivity contribution in [3.63, 3.8) is 0 Å². The van der Waals surface area contributed by atoms with Gasteiger partial charge in [0, 0.05) is 36.3 Å². The van der Waals surface area contributed by atoms with Crippen LogP contribution in [0.25, 0.3) is 11.4 Å². The van der Waals surface area contributed by atoms with Gasteiger partial charge in [-0.1, -0.05) is 51.1 Å². The number of carbonyl (C=O) groups is 1. The summed E-state index contributed by atoms with van der Waals surface area (Å²) in [6.07, 6.45) is 1.45. The van der Waals surface area contributed by atoms with Crippen LogP contribution in [-0.2, 0) is 21.6 Å². The number of hydrogen-bond acceptors (Lipinski definition) is 4.